The molecule has 3 heterocycles. The van der Waals surface area contributed by atoms with Gasteiger partial charge in [0.15, 0.2) is 9.84 Å². The van der Waals surface area contributed by atoms with Crippen molar-refractivity contribution in [1.82, 2.24) is 4.90 Å². The van der Waals surface area contributed by atoms with E-state index in [1.54, 1.807) is 36.4 Å². The predicted octanol–water partition coefficient (Wildman–Crippen LogP) is 4.72. The van der Waals surface area contributed by atoms with E-state index in [2.05, 4.69) is 4.90 Å². The fourth-order valence-corrected chi connectivity index (χ4v) is 7.09. The van der Waals surface area contributed by atoms with Gasteiger partial charge in [-0.2, -0.15) is 8.78 Å². The first-order chi connectivity index (χ1) is 17.0. The molecule has 0 spiro atoms. The first kappa shape index (κ1) is 25.4. The molecule has 0 unspecified atom stereocenters. The summed E-state index contributed by atoms with van der Waals surface area (Å²) in [6, 6.07) is 13.1. The summed E-state index contributed by atoms with van der Waals surface area (Å²) in [6.07, 6.45) is 1.16. The van der Waals surface area contributed by atoms with E-state index in [0.29, 0.717) is 24.9 Å². The molecule has 5 rings (SSSR count). The monoisotopic (exact) mass is 538 g/mol. The van der Waals surface area contributed by atoms with Crippen molar-refractivity contribution in [2.45, 2.75) is 42.3 Å². The number of anilines is 1. The second kappa shape index (κ2) is 9.26. The van der Waals surface area contributed by atoms with Crippen molar-refractivity contribution in [3.05, 3.63) is 59.1 Å². The Hall–Kier alpha value is -2.23. The van der Waals surface area contributed by atoms with E-state index < -0.39 is 27.5 Å². The average Bonchev–Trinajstić information content (AvgIpc) is 3.46. The molecule has 3 aliphatic rings. The maximum atomic E-state index is 14.3. The first-order valence-electron chi connectivity index (χ1n) is 12.2. The van der Waals surface area contributed by atoms with Crippen LogP contribution in [0.3, 0.4) is 0 Å². The molecule has 0 bridgehead atoms. The van der Waals surface area contributed by atoms with E-state index in [1.807, 2.05) is 0 Å². The van der Waals surface area contributed by atoms with Crippen LogP contribution in [0.1, 0.15) is 31.2 Å². The second-order valence-electron chi connectivity index (χ2n) is 10.0. The third-order valence-electron chi connectivity index (χ3n) is 7.84. The molecule has 3 aliphatic heterocycles. The van der Waals surface area contributed by atoms with E-state index >= 15 is 0 Å². The van der Waals surface area contributed by atoms with Gasteiger partial charge >= 0.3 is 6.11 Å². The van der Waals surface area contributed by atoms with Gasteiger partial charge in [0, 0.05) is 43.7 Å². The van der Waals surface area contributed by atoms with Gasteiger partial charge in [0.05, 0.1) is 9.92 Å². The van der Waals surface area contributed by atoms with Crippen LogP contribution in [0.2, 0.25) is 5.02 Å². The number of halogens is 3. The number of hydrogen-bond donors (Lipinski definition) is 0. The quantitative estimate of drug-likeness (QED) is 0.515. The summed E-state index contributed by atoms with van der Waals surface area (Å²) >= 11 is 6.22. The zero-order valence-corrected chi connectivity index (χ0v) is 21.6. The summed E-state index contributed by atoms with van der Waals surface area (Å²) in [5.74, 6) is 0.271. The van der Waals surface area contributed by atoms with Crippen LogP contribution >= 0.6 is 11.6 Å². The maximum absolute atomic E-state index is 14.3. The van der Waals surface area contributed by atoms with Crippen LogP contribution in [-0.2, 0) is 25.0 Å². The van der Waals surface area contributed by atoms with Gasteiger partial charge in [0.2, 0.25) is 0 Å². The van der Waals surface area contributed by atoms with Crippen LogP contribution in [0.4, 0.5) is 14.5 Å². The number of alkyl halides is 2. The number of sulfone groups is 1. The average molecular weight is 539 g/mol. The second-order valence-corrected chi connectivity index (χ2v) is 12.4. The van der Waals surface area contributed by atoms with Gasteiger partial charge < -0.3 is 9.80 Å². The van der Waals surface area contributed by atoms with E-state index in [1.165, 1.54) is 17.0 Å². The molecule has 10 heteroatoms. The van der Waals surface area contributed by atoms with Gasteiger partial charge in [-0.3, -0.25) is 9.53 Å². The van der Waals surface area contributed by atoms with Gasteiger partial charge in [0.25, 0.3) is 11.5 Å². The fraction of sp³-hybridized carbons (Fsp3) is 0.500. The Kier molecular flexibility index (Phi) is 6.54. The number of piperidine rings is 2. The van der Waals surface area contributed by atoms with E-state index in [4.69, 9.17) is 16.3 Å². The minimum absolute atomic E-state index is 0.132. The zero-order valence-electron chi connectivity index (χ0n) is 20.0. The molecule has 0 N–H and O–H groups in total. The number of epoxide rings is 1. The number of amides is 1. The Labute approximate surface area is 215 Å². The van der Waals surface area contributed by atoms with Crippen molar-refractivity contribution < 1.29 is 26.7 Å². The van der Waals surface area contributed by atoms with Crippen LogP contribution in [0.5, 0.6) is 0 Å². The number of ether oxygens (including phenoxy) is 1. The molecular weight excluding hydrogens is 510 g/mol. The number of hydrogen-bond acceptors (Lipinski definition) is 5. The van der Waals surface area contributed by atoms with Crippen LogP contribution in [-0.4, -0.2) is 57.8 Å². The summed E-state index contributed by atoms with van der Waals surface area (Å²) in [4.78, 5) is 17.0. The van der Waals surface area contributed by atoms with Crippen molar-refractivity contribution in [2.75, 3.05) is 37.3 Å². The highest BCUT2D eigenvalue weighted by Crippen LogP contribution is 2.59. The third kappa shape index (κ3) is 4.50. The Morgan fingerprint density at radius 3 is 2.03 bits per heavy atom. The Bertz CT molecular complexity index is 1240. The minimum atomic E-state index is -3.49. The molecule has 2 aromatic carbocycles. The largest absolute Gasteiger partial charge is 0.399 e. The summed E-state index contributed by atoms with van der Waals surface area (Å²) in [5, 5.41) is 0.229. The molecule has 0 radical (unpaired) electrons. The highest BCUT2D eigenvalue weighted by Gasteiger charge is 2.81. The molecule has 1 amide bonds. The molecule has 194 valence electrons. The van der Waals surface area contributed by atoms with Gasteiger partial charge in [-0.1, -0.05) is 41.9 Å². The number of nitrogens with zero attached hydrogens (tertiary/aromatic N) is 2. The molecule has 3 saturated heterocycles. The number of likely N-dealkylation sites (tertiary alicyclic amines) is 1. The molecule has 1 atom stereocenters. The zero-order chi connectivity index (χ0) is 25.7. The standard InChI is InChI=1S/C26H29ClF2N2O4S/c1-36(33,34)23-8-7-21(17-22(23)27)30-13-9-18(10-14-30)19-11-15-31(16-12-19)24(32)25(26(28,29)35-25)20-5-3-2-4-6-20/h2-8,17-19H,9-16H2,1H3/t25-/m1/s1. The third-order valence-corrected chi connectivity index (χ3v) is 9.42. The lowest BCUT2D eigenvalue weighted by atomic mass is 9.78. The van der Waals surface area contributed by atoms with Crippen molar-refractivity contribution in [3.63, 3.8) is 0 Å². The summed E-state index contributed by atoms with van der Waals surface area (Å²) in [6.45, 7) is 2.55. The van der Waals surface area contributed by atoms with Crippen molar-refractivity contribution >= 4 is 33.0 Å². The summed E-state index contributed by atoms with van der Waals surface area (Å²) in [7, 11) is -3.37. The van der Waals surface area contributed by atoms with Gasteiger partial charge in [0.1, 0.15) is 0 Å². The molecule has 3 fully saturated rings. The molecule has 0 aliphatic carbocycles. The number of carbonyl (C=O) groups is 1. The van der Waals surface area contributed by atoms with Crippen LogP contribution in [0.15, 0.2) is 53.4 Å². The molecule has 0 saturated carbocycles. The highest BCUT2D eigenvalue weighted by molar-refractivity contribution is 7.90. The Balaban J connectivity index is 1.17. The smallest absolute Gasteiger partial charge is 0.371 e. The summed E-state index contributed by atoms with van der Waals surface area (Å²) < 4.78 is 57.0. The first-order valence-corrected chi connectivity index (χ1v) is 14.5. The maximum Gasteiger partial charge on any atom is 0.399 e. The number of rotatable bonds is 5. The van der Waals surface area contributed by atoms with Crippen molar-refractivity contribution in [1.29, 1.82) is 0 Å². The molecule has 0 aromatic heterocycles. The highest BCUT2D eigenvalue weighted by atomic mass is 35.5. The lowest BCUT2D eigenvalue weighted by Crippen LogP contribution is -2.47. The van der Waals surface area contributed by atoms with Crippen LogP contribution < -0.4 is 4.90 Å². The molecule has 2 aromatic rings. The Morgan fingerprint density at radius 2 is 1.53 bits per heavy atom. The SMILES string of the molecule is CS(=O)(=O)c1ccc(N2CCC(C3CCN(C(=O)[C@@]4(c5ccccc5)OC4(F)F)CC3)CC2)cc1Cl. The van der Waals surface area contributed by atoms with E-state index in [9.17, 15) is 22.0 Å². The summed E-state index contributed by atoms with van der Waals surface area (Å²) in [5.41, 5.74) is -1.10. The topological polar surface area (TPSA) is 70.2 Å². The van der Waals surface area contributed by atoms with Crippen LogP contribution in [0, 0.1) is 11.8 Å². The normalized spacial score (nSPS) is 25.1. The number of carbonyl (C=O) groups excluding carboxylic acids is 1. The lowest BCUT2D eigenvalue weighted by molar-refractivity contribution is -0.139. The molecule has 6 nitrogen and oxygen atoms in total. The van der Waals surface area contributed by atoms with Gasteiger partial charge in [-0.15, -0.1) is 0 Å². The van der Waals surface area contributed by atoms with Gasteiger partial charge in [-0.25, -0.2) is 8.42 Å². The van der Waals surface area contributed by atoms with Crippen molar-refractivity contribution in [2.24, 2.45) is 11.8 Å². The fourth-order valence-electron chi connectivity index (χ4n) is 5.77. The lowest BCUT2D eigenvalue weighted by Gasteiger charge is -2.41. The minimum Gasteiger partial charge on any atom is -0.371 e. The van der Waals surface area contributed by atoms with E-state index in [-0.39, 0.29) is 15.5 Å². The van der Waals surface area contributed by atoms with Crippen molar-refractivity contribution in [3.8, 4) is 0 Å². The molecule has 36 heavy (non-hydrogen) atoms. The Morgan fingerprint density at radius 1 is 0.972 bits per heavy atom. The van der Waals surface area contributed by atoms with Gasteiger partial charge in [-0.05, 0) is 55.7 Å². The van der Waals surface area contributed by atoms with Crippen LogP contribution in [0.25, 0.3) is 0 Å². The number of benzene rings is 2. The molecular formula is C26H29ClF2N2O4S. The predicted molar refractivity (Wildman–Crippen MR) is 133 cm³/mol. The van der Waals surface area contributed by atoms with E-state index in [0.717, 1.165) is 50.7 Å².